The number of rotatable bonds is 3. The molecule has 1 N–H and O–H groups in total. The van der Waals surface area contributed by atoms with E-state index in [0.29, 0.717) is 5.03 Å². The van der Waals surface area contributed by atoms with Crippen LogP contribution in [0, 0.1) is 0 Å². The average Bonchev–Trinajstić information content (AvgIpc) is 1.88. The van der Waals surface area contributed by atoms with Crippen molar-refractivity contribution >= 4 is 11.6 Å². The van der Waals surface area contributed by atoms with Gasteiger partial charge in [0, 0.05) is 17.8 Å². The van der Waals surface area contributed by atoms with Gasteiger partial charge in [-0.25, -0.2) is 0 Å². The molecule has 0 heterocycles. The average molecular weight is 172 g/mol. The molecule has 0 atom stereocenters. The van der Waals surface area contributed by atoms with E-state index in [1.54, 1.807) is 0 Å². The standard InChI is InChI=1S/C9H14ClN/c1-5-9(11-4)7(2)6-8(3)10/h5-6,11H,3H2,1-2,4H3/b7-6-,9-5?. The van der Waals surface area contributed by atoms with Gasteiger partial charge in [-0.3, -0.25) is 0 Å². The Bertz CT molecular complexity index is 202. The highest BCUT2D eigenvalue weighted by Gasteiger charge is 1.94. The molecule has 11 heavy (non-hydrogen) atoms. The summed E-state index contributed by atoms with van der Waals surface area (Å²) in [5.41, 5.74) is 2.17. The summed E-state index contributed by atoms with van der Waals surface area (Å²) in [4.78, 5) is 0. The highest BCUT2D eigenvalue weighted by atomic mass is 35.5. The Morgan fingerprint density at radius 1 is 1.55 bits per heavy atom. The zero-order valence-electron chi connectivity index (χ0n) is 7.24. The minimum Gasteiger partial charge on any atom is -0.388 e. The summed E-state index contributed by atoms with van der Waals surface area (Å²) < 4.78 is 0. The SMILES string of the molecule is C=C(Cl)/C=C(/C)C(=CC)NC. The normalized spacial score (nSPS) is 13.1. The molecular formula is C9H14ClN. The summed E-state index contributed by atoms with van der Waals surface area (Å²) in [5, 5.41) is 3.60. The maximum Gasteiger partial charge on any atom is 0.0337 e. The Kier molecular flexibility index (Phi) is 4.71. The zero-order valence-corrected chi connectivity index (χ0v) is 8.00. The molecule has 0 amide bonds. The number of halogens is 1. The van der Waals surface area contributed by atoms with Gasteiger partial charge in [-0.05, 0) is 25.5 Å². The van der Waals surface area contributed by atoms with E-state index in [1.807, 2.05) is 33.0 Å². The van der Waals surface area contributed by atoms with Crippen LogP contribution in [0.25, 0.3) is 0 Å². The molecule has 1 nitrogen and oxygen atoms in total. The van der Waals surface area contributed by atoms with Gasteiger partial charge in [-0.2, -0.15) is 0 Å². The van der Waals surface area contributed by atoms with Crippen molar-refractivity contribution in [2.24, 2.45) is 0 Å². The first-order valence-corrected chi connectivity index (χ1v) is 3.86. The minimum atomic E-state index is 0.553. The lowest BCUT2D eigenvalue weighted by Crippen LogP contribution is -2.06. The Hall–Kier alpha value is -0.690. The van der Waals surface area contributed by atoms with Crippen LogP contribution < -0.4 is 5.32 Å². The summed E-state index contributed by atoms with van der Waals surface area (Å²) in [7, 11) is 1.88. The topological polar surface area (TPSA) is 12.0 Å². The Morgan fingerprint density at radius 2 is 2.09 bits per heavy atom. The van der Waals surface area contributed by atoms with E-state index in [1.165, 1.54) is 0 Å². The molecule has 0 aromatic carbocycles. The highest BCUT2D eigenvalue weighted by Crippen LogP contribution is 2.10. The lowest BCUT2D eigenvalue weighted by molar-refractivity contribution is 0.993. The summed E-state index contributed by atoms with van der Waals surface area (Å²) >= 11 is 5.60. The molecule has 0 aromatic rings. The molecular weight excluding hydrogens is 158 g/mol. The molecule has 0 aliphatic heterocycles. The summed E-state index contributed by atoms with van der Waals surface area (Å²) in [6.07, 6.45) is 3.82. The largest absolute Gasteiger partial charge is 0.388 e. The first-order chi connectivity index (χ1) is 5.11. The maximum absolute atomic E-state index is 5.60. The van der Waals surface area contributed by atoms with Crippen LogP contribution in [0.4, 0.5) is 0 Å². The molecule has 0 rings (SSSR count). The van der Waals surface area contributed by atoms with Crippen molar-refractivity contribution in [2.75, 3.05) is 7.05 Å². The van der Waals surface area contributed by atoms with Crippen LogP contribution in [-0.4, -0.2) is 7.05 Å². The van der Waals surface area contributed by atoms with Crippen LogP contribution in [0.1, 0.15) is 13.8 Å². The highest BCUT2D eigenvalue weighted by molar-refractivity contribution is 6.30. The van der Waals surface area contributed by atoms with Crippen LogP contribution >= 0.6 is 11.6 Å². The second-order valence-corrected chi connectivity index (χ2v) is 2.71. The van der Waals surface area contributed by atoms with E-state index < -0.39 is 0 Å². The fourth-order valence-corrected chi connectivity index (χ4v) is 1.05. The van der Waals surface area contributed by atoms with Crippen LogP contribution in [0.2, 0.25) is 0 Å². The van der Waals surface area contributed by atoms with Crippen LogP contribution in [0.3, 0.4) is 0 Å². The van der Waals surface area contributed by atoms with Crippen molar-refractivity contribution in [1.82, 2.24) is 5.32 Å². The molecule has 0 aliphatic rings. The van der Waals surface area contributed by atoms with Crippen LogP contribution in [-0.2, 0) is 0 Å². The molecule has 0 radical (unpaired) electrons. The summed E-state index contributed by atoms with van der Waals surface area (Å²) in [6, 6.07) is 0. The van der Waals surface area contributed by atoms with Crippen LogP contribution in [0.5, 0.6) is 0 Å². The Balaban J connectivity index is 4.45. The molecule has 0 aliphatic carbocycles. The fourth-order valence-electron chi connectivity index (χ4n) is 0.882. The van der Waals surface area contributed by atoms with Gasteiger partial charge in [0.2, 0.25) is 0 Å². The molecule has 0 fully saturated rings. The molecule has 2 heteroatoms. The number of likely N-dealkylation sites (N-methyl/N-ethyl adjacent to an activating group) is 1. The number of hydrogen-bond acceptors (Lipinski definition) is 1. The maximum atomic E-state index is 5.60. The van der Waals surface area contributed by atoms with Crippen molar-refractivity contribution in [3.8, 4) is 0 Å². The Morgan fingerprint density at radius 3 is 2.36 bits per heavy atom. The molecule has 0 saturated carbocycles. The van der Waals surface area contributed by atoms with Gasteiger partial charge in [0.1, 0.15) is 0 Å². The van der Waals surface area contributed by atoms with Gasteiger partial charge in [-0.15, -0.1) is 0 Å². The quantitative estimate of drug-likeness (QED) is 0.644. The van der Waals surface area contributed by atoms with E-state index in [4.69, 9.17) is 11.6 Å². The van der Waals surface area contributed by atoms with Crippen molar-refractivity contribution in [2.45, 2.75) is 13.8 Å². The van der Waals surface area contributed by atoms with Crippen molar-refractivity contribution in [3.63, 3.8) is 0 Å². The zero-order chi connectivity index (χ0) is 8.85. The first kappa shape index (κ1) is 10.3. The first-order valence-electron chi connectivity index (χ1n) is 3.49. The van der Waals surface area contributed by atoms with E-state index in [9.17, 15) is 0 Å². The lowest BCUT2D eigenvalue weighted by atomic mass is 10.2. The van der Waals surface area contributed by atoms with Gasteiger partial charge >= 0.3 is 0 Å². The fraction of sp³-hybridized carbons (Fsp3) is 0.333. The van der Waals surface area contributed by atoms with Crippen molar-refractivity contribution < 1.29 is 0 Å². The number of hydrogen-bond donors (Lipinski definition) is 1. The second kappa shape index (κ2) is 5.03. The number of allylic oxidation sites excluding steroid dienone is 4. The van der Waals surface area contributed by atoms with Gasteiger partial charge in [-0.1, -0.05) is 24.3 Å². The lowest BCUT2D eigenvalue weighted by Gasteiger charge is -2.05. The molecule has 0 unspecified atom stereocenters. The van der Waals surface area contributed by atoms with E-state index in [0.717, 1.165) is 11.3 Å². The van der Waals surface area contributed by atoms with E-state index in [2.05, 4.69) is 11.9 Å². The van der Waals surface area contributed by atoms with Crippen molar-refractivity contribution in [3.05, 3.63) is 35.0 Å². The smallest absolute Gasteiger partial charge is 0.0337 e. The van der Waals surface area contributed by atoms with Gasteiger partial charge in [0.05, 0.1) is 0 Å². The van der Waals surface area contributed by atoms with Gasteiger partial charge < -0.3 is 5.32 Å². The minimum absolute atomic E-state index is 0.553. The third kappa shape index (κ3) is 3.89. The number of nitrogens with one attached hydrogen (secondary N) is 1. The second-order valence-electron chi connectivity index (χ2n) is 2.23. The van der Waals surface area contributed by atoms with Crippen molar-refractivity contribution in [1.29, 1.82) is 0 Å². The predicted octanol–water partition coefficient (Wildman–Crippen LogP) is 2.81. The van der Waals surface area contributed by atoms with E-state index in [-0.39, 0.29) is 0 Å². The predicted molar refractivity (Wildman–Crippen MR) is 51.6 cm³/mol. The van der Waals surface area contributed by atoms with Crippen LogP contribution in [0.15, 0.2) is 35.0 Å². The third-order valence-corrected chi connectivity index (χ3v) is 1.47. The molecule has 0 saturated heterocycles. The summed E-state index contributed by atoms with van der Waals surface area (Å²) in [6.45, 7) is 7.54. The van der Waals surface area contributed by atoms with Gasteiger partial charge in [0.25, 0.3) is 0 Å². The molecule has 0 aromatic heterocycles. The Labute approximate surface area is 73.4 Å². The molecule has 0 spiro atoms. The van der Waals surface area contributed by atoms with Gasteiger partial charge in [0.15, 0.2) is 0 Å². The molecule has 0 bridgehead atoms. The molecule has 62 valence electrons. The monoisotopic (exact) mass is 171 g/mol. The summed E-state index contributed by atoms with van der Waals surface area (Å²) in [5.74, 6) is 0. The van der Waals surface area contributed by atoms with E-state index >= 15 is 0 Å². The third-order valence-electron chi connectivity index (χ3n) is 1.36.